The van der Waals surface area contributed by atoms with Crippen molar-refractivity contribution in [3.63, 3.8) is 0 Å². The van der Waals surface area contributed by atoms with Crippen LogP contribution in [0, 0.1) is 10.1 Å². The zero-order valence-electron chi connectivity index (χ0n) is 12.0. The Labute approximate surface area is 118 Å². The van der Waals surface area contributed by atoms with E-state index in [0.717, 1.165) is 5.56 Å². The smallest absolute Gasteiger partial charge is 0.307 e. The molecule has 0 saturated heterocycles. The Bertz CT molecular complexity index is 477. The summed E-state index contributed by atoms with van der Waals surface area (Å²) in [5.41, 5.74) is 6.25. The fourth-order valence-corrected chi connectivity index (χ4v) is 1.73. The standard InChI is InChI=1S/C14H20N2O4/c1-14(2,3)20-13(17)9-11(15)8-10-4-6-12(7-5-10)16(18)19/h4-7,11H,8-9,15H2,1-3H3/t11-/m1/s1. The molecule has 20 heavy (non-hydrogen) atoms. The third-order valence-corrected chi connectivity index (χ3v) is 2.49. The number of esters is 1. The van der Waals surface area contributed by atoms with Crippen LogP contribution in [0.2, 0.25) is 0 Å². The number of hydrogen-bond donors (Lipinski definition) is 1. The van der Waals surface area contributed by atoms with E-state index in [-0.39, 0.29) is 24.1 Å². The zero-order chi connectivity index (χ0) is 15.3. The van der Waals surface area contributed by atoms with Crippen LogP contribution in [-0.2, 0) is 16.0 Å². The van der Waals surface area contributed by atoms with Crippen molar-refractivity contribution in [2.75, 3.05) is 0 Å². The number of nitro groups is 1. The van der Waals surface area contributed by atoms with Gasteiger partial charge in [0.15, 0.2) is 0 Å². The summed E-state index contributed by atoms with van der Waals surface area (Å²) in [6.07, 6.45) is 0.589. The van der Waals surface area contributed by atoms with Gasteiger partial charge in [-0.2, -0.15) is 0 Å². The second kappa shape index (κ2) is 6.47. The molecule has 0 aliphatic carbocycles. The molecule has 6 nitrogen and oxygen atoms in total. The summed E-state index contributed by atoms with van der Waals surface area (Å²) in [5, 5.41) is 10.5. The van der Waals surface area contributed by atoms with Crippen LogP contribution in [0.3, 0.4) is 0 Å². The van der Waals surface area contributed by atoms with Crippen molar-refractivity contribution in [1.29, 1.82) is 0 Å². The number of carbonyl (C=O) groups is 1. The number of nitrogens with zero attached hydrogens (tertiary/aromatic N) is 1. The van der Waals surface area contributed by atoms with Crippen LogP contribution >= 0.6 is 0 Å². The van der Waals surface area contributed by atoms with Gasteiger partial charge in [0.1, 0.15) is 5.60 Å². The maximum absolute atomic E-state index is 11.6. The van der Waals surface area contributed by atoms with Crippen LogP contribution in [0.15, 0.2) is 24.3 Å². The molecule has 0 bridgehead atoms. The van der Waals surface area contributed by atoms with E-state index in [4.69, 9.17) is 10.5 Å². The highest BCUT2D eigenvalue weighted by atomic mass is 16.6. The largest absolute Gasteiger partial charge is 0.460 e. The number of hydrogen-bond acceptors (Lipinski definition) is 5. The molecule has 1 rings (SSSR count). The molecule has 0 heterocycles. The average molecular weight is 280 g/mol. The number of nitrogens with two attached hydrogens (primary N) is 1. The Hall–Kier alpha value is -1.95. The van der Waals surface area contributed by atoms with E-state index in [1.165, 1.54) is 12.1 Å². The van der Waals surface area contributed by atoms with Gasteiger partial charge in [0.2, 0.25) is 0 Å². The minimum Gasteiger partial charge on any atom is -0.460 e. The predicted molar refractivity (Wildman–Crippen MR) is 75.2 cm³/mol. The molecule has 0 fully saturated rings. The first-order valence-corrected chi connectivity index (χ1v) is 6.38. The Morgan fingerprint density at radius 3 is 2.35 bits per heavy atom. The molecule has 0 amide bonds. The zero-order valence-corrected chi connectivity index (χ0v) is 12.0. The van der Waals surface area contributed by atoms with Crippen molar-refractivity contribution in [2.45, 2.75) is 45.3 Å². The van der Waals surface area contributed by atoms with E-state index in [1.807, 2.05) is 0 Å². The molecule has 0 aliphatic rings. The third-order valence-electron chi connectivity index (χ3n) is 2.49. The van der Waals surface area contributed by atoms with E-state index < -0.39 is 10.5 Å². The van der Waals surface area contributed by atoms with Crippen LogP contribution in [0.25, 0.3) is 0 Å². The van der Waals surface area contributed by atoms with Gasteiger partial charge >= 0.3 is 5.97 Å². The molecule has 1 aromatic carbocycles. The van der Waals surface area contributed by atoms with Gasteiger partial charge < -0.3 is 10.5 Å². The van der Waals surface area contributed by atoms with E-state index in [0.29, 0.717) is 6.42 Å². The van der Waals surface area contributed by atoms with Crippen LogP contribution in [0.4, 0.5) is 5.69 Å². The second-order valence-corrected chi connectivity index (χ2v) is 5.68. The monoisotopic (exact) mass is 280 g/mol. The minimum absolute atomic E-state index is 0.0365. The van der Waals surface area contributed by atoms with E-state index in [9.17, 15) is 14.9 Å². The fraction of sp³-hybridized carbons (Fsp3) is 0.500. The highest BCUT2D eigenvalue weighted by Crippen LogP contribution is 2.14. The summed E-state index contributed by atoms with van der Waals surface area (Å²) >= 11 is 0. The first kappa shape index (κ1) is 16.1. The predicted octanol–water partition coefficient (Wildman–Crippen LogP) is 2.20. The molecule has 0 spiro atoms. The summed E-state index contributed by atoms with van der Waals surface area (Å²) in [5.74, 6) is -0.341. The van der Waals surface area contributed by atoms with Crippen molar-refractivity contribution in [2.24, 2.45) is 5.73 Å². The van der Waals surface area contributed by atoms with Crippen molar-refractivity contribution in [3.05, 3.63) is 39.9 Å². The van der Waals surface area contributed by atoms with E-state index >= 15 is 0 Å². The van der Waals surface area contributed by atoms with Crippen molar-refractivity contribution in [1.82, 2.24) is 0 Å². The van der Waals surface area contributed by atoms with Gasteiger partial charge in [0.05, 0.1) is 11.3 Å². The lowest BCUT2D eigenvalue weighted by Crippen LogP contribution is -2.31. The topological polar surface area (TPSA) is 95.5 Å². The lowest BCUT2D eigenvalue weighted by atomic mass is 10.0. The Morgan fingerprint density at radius 1 is 1.35 bits per heavy atom. The minimum atomic E-state index is -0.524. The molecule has 0 unspecified atom stereocenters. The highest BCUT2D eigenvalue weighted by Gasteiger charge is 2.19. The van der Waals surface area contributed by atoms with Gasteiger partial charge in [0, 0.05) is 18.2 Å². The van der Waals surface area contributed by atoms with Gasteiger partial charge in [-0.3, -0.25) is 14.9 Å². The average Bonchev–Trinajstić information content (AvgIpc) is 2.26. The highest BCUT2D eigenvalue weighted by molar-refractivity contribution is 5.70. The molecular weight excluding hydrogens is 260 g/mol. The first-order chi connectivity index (χ1) is 9.17. The number of ether oxygens (including phenoxy) is 1. The van der Waals surface area contributed by atoms with Crippen molar-refractivity contribution < 1.29 is 14.5 Å². The number of rotatable bonds is 5. The third kappa shape index (κ3) is 5.79. The number of benzene rings is 1. The van der Waals surface area contributed by atoms with E-state index in [1.54, 1.807) is 32.9 Å². The van der Waals surface area contributed by atoms with Crippen LogP contribution in [-0.4, -0.2) is 22.5 Å². The summed E-state index contributed by atoms with van der Waals surface area (Å²) in [4.78, 5) is 21.7. The SMILES string of the molecule is CC(C)(C)OC(=O)C[C@H](N)Cc1ccc([N+](=O)[O-])cc1. The fourth-order valence-electron chi connectivity index (χ4n) is 1.73. The van der Waals surface area contributed by atoms with Gasteiger partial charge in [-0.25, -0.2) is 0 Å². The second-order valence-electron chi connectivity index (χ2n) is 5.68. The number of non-ortho nitro benzene ring substituents is 1. The molecule has 1 aromatic rings. The van der Waals surface area contributed by atoms with Gasteiger partial charge in [0.25, 0.3) is 5.69 Å². The van der Waals surface area contributed by atoms with Crippen molar-refractivity contribution in [3.8, 4) is 0 Å². The number of nitro benzene ring substituents is 1. The van der Waals surface area contributed by atoms with Gasteiger partial charge in [-0.1, -0.05) is 12.1 Å². The van der Waals surface area contributed by atoms with Crippen LogP contribution in [0.5, 0.6) is 0 Å². The summed E-state index contributed by atoms with van der Waals surface area (Å²) in [6, 6.07) is 5.77. The molecule has 110 valence electrons. The lowest BCUT2D eigenvalue weighted by molar-refractivity contribution is -0.384. The molecule has 0 radical (unpaired) electrons. The molecule has 1 atom stereocenters. The Morgan fingerprint density at radius 2 is 1.90 bits per heavy atom. The van der Waals surface area contributed by atoms with Crippen LogP contribution in [0.1, 0.15) is 32.8 Å². The van der Waals surface area contributed by atoms with Gasteiger partial charge in [-0.05, 0) is 32.8 Å². The van der Waals surface area contributed by atoms with Crippen LogP contribution < -0.4 is 5.73 Å². The molecule has 6 heteroatoms. The normalized spacial score (nSPS) is 12.8. The summed E-state index contributed by atoms with van der Waals surface area (Å²) in [7, 11) is 0. The molecular formula is C14H20N2O4. The van der Waals surface area contributed by atoms with Gasteiger partial charge in [-0.15, -0.1) is 0 Å². The number of carbonyl (C=O) groups excluding carboxylic acids is 1. The van der Waals surface area contributed by atoms with E-state index in [2.05, 4.69) is 0 Å². The molecule has 0 aliphatic heterocycles. The Balaban J connectivity index is 2.52. The maximum atomic E-state index is 11.6. The Kier molecular flexibility index (Phi) is 5.21. The quantitative estimate of drug-likeness (QED) is 0.506. The molecule has 0 saturated carbocycles. The first-order valence-electron chi connectivity index (χ1n) is 6.38. The molecule has 2 N–H and O–H groups in total. The maximum Gasteiger partial charge on any atom is 0.307 e. The molecule has 0 aromatic heterocycles. The lowest BCUT2D eigenvalue weighted by Gasteiger charge is -2.20. The summed E-state index contributed by atoms with van der Waals surface area (Å²) in [6.45, 7) is 5.40. The van der Waals surface area contributed by atoms with Crippen molar-refractivity contribution >= 4 is 11.7 Å². The summed E-state index contributed by atoms with van der Waals surface area (Å²) < 4.78 is 5.19.